The molecule has 0 aromatic rings. The quantitative estimate of drug-likeness (QED) is 0.690. The van der Waals surface area contributed by atoms with E-state index in [9.17, 15) is 13.2 Å². The lowest BCUT2D eigenvalue weighted by Gasteiger charge is -2.12. The summed E-state index contributed by atoms with van der Waals surface area (Å²) in [6, 6.07) is 0. The Hall–Kier alpha value is -0.380. The van der Waals surface area contributed by atoms with Gasteiger partial charge in [-0.05, 0) is 12.3 Å². The molecule has 0 N–H and O–H groups in total. The van der Waals surface area contributed by atoms with E-state index in [2.05, 4.69) is 0 Å². The van der Waals surface area contributed by atoms with Gasteiger partial charge in [-0.15, -0.1) is 0 Å². The third-order valence-electron chi connectivity index (χ3n) is 3.46. The number of carbonyl (C=O) groups excluding carboxylic acids is 1. The van der Waals surface area contributed by atoms with E-state index >= 15 is 0 Å². The third-order valence-corrected chi connectivity index (χ3v) is 4.49. The van der Waals surface area contributed by atoms with Gasteiger partial charge < -0.3 is 0 Å². The molecule has 1 saturated carbocycles. The first-order valence-electron chi connectivity index (χ1n) is 6.67. The molecule has 0 aliphatic heterocycles. The van der Waals surface area contributed by atoms with Crippen molar-refractivity contribution in [3.63, 3.8) is 0 Å². The van der Waals surface area contributed by atoms with Gasteiger partial charge in [0.05, 0.1) is 5.75 Å². The summed E-state index contributed by atoms with van der Waals surface area (Å²) in [4.78, 5) is 11.7. The Morgan fingerprint density at radius 2 is 1.71 bits per heavy atom. The third kappa shape index (κ3) is 7.53. The minimum Gasteiger partial charge on any atom is -0.300 e. The highest BCUT2D eigenvalue weighted by Crippen LogP contribution is 2.26. The highest BCUT2D eigenvalue weighted by molar-refractivity contribution is 7.90. The number of hydrogen-bond acceptors (Lipinski definition) is 3. The maximum atomic E-state index is 11.7. The number of rotatable bonds is 6. The maximum Gasteiger partial charge on any atom is 0.147 e. The normalized spacial score (nSPS) is 18.9. The van der Waals surface area contributed by atoms with E-state index in [0.717, 1.165) is 0 Å². The van der Waals surface area contributed by atoms with Gasteiger partial charge in [0, 0.05) is 19.1 Å². The molecule has 0 spiro atoms. The molecule has 1 aliphatic carbocycles. The summed E-state index contributed by atoms with van der Waals surface area (Å²) in [6.45, 7) is 0. The number of carbonyl (C=O) groups is 1. The molecule has 0 saturated heterocycles. The monoisotopic (exact) mass is 260 g/mol. The molecule has 4 heteroatoms. The molecule has 0 bridgehead atoms. The van der Waals surface area contributed by atoms with Crippen LogP contribution in [0.5, 0.6) is 0 Å². The minimum absolute atomic E-state index is 0.142. The van der Waals surface area contributed by atoms with Crippen molar-refractivity contribution in [2.75, 3.05) is 12.0 Å². The summed E-state index contributed by atoms with van der Waals surface area (Å²) in [7, 11) is -2.91. The topological polar surface area (TPSA) is 51.2 Å². The summed E-state index contributed by atoms with van der Waals surface area (Å²) in [5.41, 5.74) is 0. The number of hydrogen-bond donors (Lipinski definition) is 0. The first kappa shape index (κ1) is 14.7. The summed E-state index contributed by atoms with van der Waals surface area (Å²) >= 11 is 0. The Balaban J connectivity index is 2.19. The standard InChI is InChI=1S/C13H24O3S/c1-17(15,16)10-6-9-13(14)11-12-7-4-2-3-5-8-12/h12H,2-11H2,1H3. The Morgan fingerprint density at radius 1 is 1.12 bits per heavy atom. The van der Waals surface area contributed by atoms with Gasteiger partial charge in [0.2, 0.25) is 0 Å². The van der Waals surface area contributed by atoms with Crippen molar-refractivity contribution >= 4 is 15.6 Å². The SMILES string of the molecule is CS(=O)(=O)CCCC(=O)CC1CCCCCC1. The lowest BCUT2D eigenvalue weighted by molar-refractivity contribution is -0.120. The van der Waals surface area contributed by atoms with Crippen molar-refractivity contribution in [3.8, 4) is 0 Å². The van der Waals surface area contributed by atoms with Crippen molar-refractivity contribution in [2.24, 2.45) is 5.92 Å². The van der Waals surface area contributed by atoms with Crippen LogP contribution in [0, 0.1) is 5.92 Å². The van der Waals surface area contributed by atoms with E-state index in [1.807, 2.05) is 0 Å². The summed E-state index contributed by atoms with van der Waals surface area (Å²) in [5.74, 6) is 0.951. The van der Waals surface area contributed by atoms with Crippen LogP contribution in [0.25, 0.3) is 0 Å². The predicted molar refractivity (Wildman–Crippen MR) is 69.8 cm³/mol. The van der Waals surface area contributed by atoms with Crippen LogP contribution in [0.2, 0.25) is 0 Å². The second kappa shape index (κ2) is 7.14. The number of ketones is 1. The van der Waals surface area contributed by atoms with Crippen LogP contribution in [-0.2, 0) is 14.6 Å². The molecule has 0 radical (unpaired) electrons. The van der Waals surface area contributed by atoms with Gasteiger partial charge >= 0.3 is 0 Å². The van der Waals surface area contributed by atoms with Crippen LogP contribution >= 0.6 is 0 Å². The van der Waals surface area contributed by atoms with Crippen LogP contribution in [-0.4, -0.2) is 26.2 Å². The molecule has 1 rings (SSSR count). The number of sulfone groups is 1. The van der Waals surface area contributed by atoms with Crippen molar-refractivity contribution in [3.05, 3.63) is 0 Å². The van der Waals surface area contributed by atoms with Gasteiger partial charge in [-0.2, -0.15) is 0 Å². The van der Waals surface area contributed by atoms with Crippen LogP contribution in [0.3, 0.4) is 0 Å². The van der Waals surface area contributed by atoms with E-state index < -0.39 is 9.84 Å². The van der Waals surface area contributed by atoms with Crippen molar-refractivity contribution in [1.29, 1.82) is 0 Å². The molecule has 17 heavy (non-hydrogen) atoms. The molecular formula is C13H24O3S. The fraction of sp³-hybridized carbons (Fsp3) is 0.923. The molecule has 0 aromatic heterocycles. The smallest absolute Gasteiger partial charge is 0.147 e. The van der Waals surface area contributed by atoms with E-state index in [1.165, 1.54) is 44.8 Å². The average molecular weight is 260 g/mol. The molecule has 0 atom stereocenters. The van der Waals surface area contributed by atoms with Crippen molar-refractivity contribution in [2.45, 2.75) is 57.8 Å². The molecule has 0 heterocycles. The van der Waals surface area contributed by atoms with Gasteiger partial charge in [0.25, 0.3) is 0 Å². The largest absolute Gasteiger partial charge is 0.300 e. The van der Waals surface area contributed by atoms with Crippen LogP contribution in [0.4, 0.5) is 0 Å². The Labute approximate surface area is 105 Å². The fourth-order valence-electron chi connectivity index (χ4n) is 2.52. The molecule has 1 aliphatic rings. The predicted octanol–water partition coefficient (Wildman–Crippen LogP) is 2.74. The van der Waals surface area contributed by atoms with Crippen LogP contribution in [0.1, 0.15) is 57.8 Å². The van der Waals surface area contributed by atoms with Gasteiger partial charge in [0.15, 0.2) is 0 Å². The molecule has 0 amide bonds. The van der Waals surface area contributed by atoms with Crippen LogP contribution < -0.4 is 0 Å². The summed E-state index contributed by atoms with van der Waals surface area (Å²) < 4.78 is 21.9. The zero-order valence-electron chi connectivity index (χ0n) is 10.8. The van der Waals surface area contributed by atoms with E-state index in [0.29, 0.717) is 25.2 Å². The molecule has 100 valence electrons. The van der Waals surface area contributed by atoms with Gasteiger partial charge in [-0.3, -0.25) is 4.79 Å². The summed E-state index contributed by atoms with van der Waals surface area (Å²) in [6.07, 6.45) is 10.3. The Kier molecular flexibility index (Phi) is 6.17. The zero-order valence-corrected chi connectivity index (χ0v) is 11.6. The van der Waals surface area contributed by atoms with E-state index in [-0.39, 0.29) is 11.5 Å². The average Bonchev–Trinajstić information content (AvgIpc) is 2.44. The highest BCUT2D eigenvalue weighted by atomic mass is 32.2. The van der Waals surface area contributed by atoms with Crippen LogP contribution in [0.15, 0.2) is 0 Å². The fourth-order valence-corrected chi connectivity index (χ4v) is 3.19. The maximum absolute atomic E-state index is 11.7. The van der Waals surface area contributed by atoms with Crippen molar-refractivity contribution in [1.82, 2.24) is 0 Å². The van der Waals surface area contributed by atoms with E-state index in [4.69, 9.17) is 0 Å². The van der Waals surface area contributed by atoms with E-state index in [1.54, 1.807) is 0 Å². The number of Topliss-reactive ketones (excluding diaryl/α,β-unsaturated/α-hetero) is 1. The minimum atomic E-state index is -2.91. The lowest BCUT2D eigenvalue weighted by Crippen LogP contribution is -2.10. The molecular weight excluding hydrogens is 236 g/mol. The zero-order chi connectivity index (χ0) is 12.7. The Morgan fingerprint density at radius 3 is 2.24 bits per heavy atom. The molecule has 1 fully saturated rings. The molecule has 0 unspecified atom stereocenters. The summed E-state index contributed by atoms with van der Waals surface area (Å²) in [5, 5.41) is 0. The van der Waals surface area contributed by atoms with Gasteiger partial charge in [0.1, 0.15) is 15.6 Å². The highest BCUT2D eigenvalue weighted by Gasteiger charge is 2.16. The first-order chi connectivity index (χ1) is 7.97. The first-order valence-corrected chi connectivity index (χ1v) is 8.73. The second-order valence-corrected chi connectivity index (χ2v) is 7.59. The van der Waals surface area contributed by atoms with Crippen molar-refractivity contribution < 1.29 is 13.2 Å². The molecule has 0 aromatic carbocycles. The Bertz CT molecular complexity index is 325. The van der Waals surface area contributed by atoms with Gasteiger partial charge in [-0.1, -0.05) is 38.5 Å². The molecule has 3 nitrogen and oxygen atoms in total. The van der Waals surface area contributed by atoms with Gasteiger partial charge in [-0.25, -0.2) is 8.42 Å². The lowest BCUT2D eigenvalue weighted by atomic mass is 9.93. The second-order valence-electron chi connectivity index (χ2n) is 5.33.